The molecule has 1 aromatic heterocycles. The zero-order valence-electron chi connectivity index (χ0n) is 19.2. The first-order valence-corrected chi connectivity index (χ1v) is 11.9. The van der Waals surface area contributed by atoms with Crippen molar-refractivity contribution < 1.29 is 9.59 Å². The van der Waals surface area contributed by atoms with E-state index in [4.69, 9.17) is 18.0 Å². The number of aryl methyl sites for hydroxylation is 3. The number of carbonyl (C=O) groups is 2. The molecule has 1 amide bonds. The number of hydrogen-bond acceptors (Lipinski definition) is 6. The summed E-state index contributed by atoms with van der Waals surface area (Å²) < 4.78 is 0. The van der Waals surface area contributed by atoms with Gasteiger partial charge >= 0.3 is 0 Å². The van der Waals surface area contributed by atoms with Gasteiger partial charge in [0.25, 0.3) is 5.91 Å². The number of rotatable bonds is 7. The molecule has 1 atom stereocenters. The van der Waals surface area contributed by atoms with Crippen LogP contribution in [-0.4, -0.2) is 33.2 Å². The van der Waals surface area contributed by atoms with Gasteiger partial charge in [0.15, 0.2) is 16.0 Å². The zero-order valence-corrected chi connectivity index (χ0v) is 20.8. The summed E-state index contributed by atoms with van der Waals surface area (Å²) in [7, 11) is 0. The number of aromatic nitrogens is 1. The van der Waals surface area contributed by atoms with E-state index < -0.39 is 0 Å². The number of amides is 1. The van der Waals surface area contributed by atoms with E-state index in [0.717, 1.165) is 11.1 Å². The minimum absolute atomic E-state index is 0.00179. The first kappa shape index (κ1) is 24.5. The number of thiazole rings is 1. The van der Waals surface area contributed by atoms with Gasteiger partial charge in [0, 0.05) is 5.56 Å². The zero-order chi connectivity index (χ0) is 24.1. The van der Waals surface area contributed by atoms with Gasteiger partial charge in [-0.3, -0.25) is 14.9 Å². The lowest BCUT2D eigenvalue weighted by Crippen LogP contribution is -2.46. The third-order valence-corrected chi connectivity index (χ3v) is 6.94. The highest BCUT2D eigenvalue weighted by Gasteiger charge is 2.27. The molecule has 1 unspecified atom stereocenters. The largest absolute Gasteiger partial charge is 0.375 e. The molecule has 0 spiro atoms. The van der Waals surface area contributed by atoms with E-state index >= 15 is 0 Å². The lowest BCUT2D eigenvalue weighted by molar-refractivity contribution is 0.0928. The quantitative estimate of drug-likeness (QED) is 0.365. The van der Waals surface area contributed by atoms with Crippen molar-refractivity contribution in [2.45, 2.75) is 40.2 Å². The van der Waals surface area contributed by atoms with Crippen LogP contribution in [0.3, 0.4) is 0 Å². The lowest BCUT2D eigenvalue weighted by atomic mass is 9.98. The molecule has 3 N–H and O–H groups in total. The Bertz CT molecular complexity index is 1170. The molecule has 6 nitrogen and oxygen atoms in total. The third kappa shape index (κ3) is 5.83. The minimum Gasteiger partial charge on any atom is -0.375 e. The number of anilines is 1. The Labute approximate surface area is 203 Å². The number of benzene rings is 2. The van der Waals surface area contributed by atoms with Gasteiger partial charge in [0.1, 0.15) is 0 Å². The van der Waals surface area contributed by atoms with Crippen LogP contribution in [0.2, 0.25) is 0 Å². The number of ketones is 1. The van der Waals surface area contributed by atoms with E-state index in [2.05, 4.69) is 36.3 Å². The molecule has 0 aliphatic carbocycles. The van der Waals surface area contributed by atoms with Crippen LogP contribution in [-0.2, 0) is 0 Å². The molecule has 0 saturated carbocycles. The monoisotopic (exact) mass is 480 g/mol. The average Bonchev–Trinajstić information content (AvgIpc) is 3.14. The first-order chi connectivity index (χ1) is 15.7. The number of Topliss-reactive ketones (excluding diaryl/α,β-unsaturated/α-hetero) is 1. The molecule has 0 aliphatic heterocycles. The van der Waals surface area contributed by atoms with Gasteiger partial charge < -0.3 is 10.6 Å². The van der Waals surface area contributed by atoms with Crippen LogP contribution >= 0.6 is 23.6 Å². The molecule has 172 valence electrons. The van der Waals surface area contributed by atoms with Crippen LogP contribution in [0.15, 0.2) is 48.5 Å². The fraction of sp³-hybridized carbons (Fsp3) is 0.280. The molecule has 0 aliphatic rings. The molecule has 3 aromatic rings. The van der Waals surface area contributed by atoms with Crippen molar-refractivity contribution in [1.82, 2.24) is 15.2 Å². The molecule has 0 bridgehead atoms. The Morgan fingerprint density at radius 1 is 1.12 bits per heavy atom. The van der Waals surface area contributed by atoms with E-state index in [1.54, 1.807) is 36.1 Å². The van der Waals surface area contributed by atoms with Crippen molar-refractivity contribution in [1.29, 1.82) is 0 Å². The fourth-order valence-electron chi connectivity index (χ4n) is 3.66. The smallest absolute Gasteiger partial charge is 0.257 e. The highest BCUT2D eigenvalue weighted by atomic mass is 32.1. The molecular formula is C25H28N4O2S2. The van der Waals surface area contributed by atoms with E-state index in [9.17, 15) is 9.59 Å². The standard InChI is InChI=1S/C25H28N4O2S2/c1-5-20(19-12-11-15(2)16(3)13-19)29(14-21(30)22-17(4)27-24(26)33-22)25(32)28-23(31)18-9-7-6-8-10-18/h6-13,20H,5,14H2,1-4H3,(H2,26,27)(H,28,31,32). The summed E-state index contributed by atoms with van der Waals surface area (Å²) in [5, 5.41) is 3.37. The van der Waals surface area contributed by atoms with Gasteiger partial charge in [-0.25, -0.2) is 4.98 Å². The Balaban J connectivity index is 1.94. The topological polar surface area (TPSA) is 88.3 Å². The van der Waals surface area contributed by atoms with Crippen molar-refractivity contribution in [3.8, 4) is 0 Å². The van der Waals surface area contributed by atoms with Crippen LogP contribution in [0.4, 0.5) is 5.13 Å². The Hall–Kier alpha value is -3.10. The van der Waals surface area contributed by atoms with Gasteiger partial charge in [-0.1, -0.05) is 54.7 Å². The second-order valence-electron chi connectivity index (χ2n) is 7.91. The maximum atomic E-state index is 13.2. The number of thiocarbonyl (C=S) groups is 1. The minimum atomic E-state index is -0.314. The number of nitrogens with zero attached hydrogens (tertiary/aromatic N) is 2. The normalized spacial score (nSPS) is 11.6. The molecule has 2 aromatic carbocycles. The second kappa shape index (κ2) is 10.7. The van der Waals surface area contributed by atoms with Gasteiger partial charge in [-0.15, -0.1) is 0 Å². The summed E-state index contributed by atoms with van der Waals surface area (Å²) >= 11 is 6.83. The van der Waals surface area contributed by atoms with E-state index in [-0.39, 0.29) is 29.4 Å². The maximum absolute atomic E-state index is 13.2. The van der Waals surface area contributed by atoms with Crippen LogP contribution in [0.1, 0.15) is 61.8 Å². The van der Waals surface area contributed by atoms with Crippen molar-refractivity contribution in [2.24, 2.45) is 0 Å². The number of carbonyl (C=O) groups excluding carboxylic acids is 2. The van der Waals surface area contributed by atoms with Crippen molar-refractivity contribution >= 4 is 45.5 Å². The Morgan fingerprint density at radius 2 is 1.82 bits per heavy atom. The average molecular weight is 481 g/mol. The highest BCUT2D eigenvalue weighted by Crippen LogP contribution is 2.28. The van der Waals surface area contributed by atoms with Gasteiger partial charge in [0.2, 0.25) is 0 Å². The summed E-state index contributed by atoms with van der Waals surface area (Å²) in [6.07, 6.45) is 0.695. The number of hydrogen-bond donors (Lipinski definition) is 2. The molecule has 0 radical (unpaired) electrons. The summed E-state index contributed by atoms with van der Waals surface area (Å²) in [5.74, 6) is -0.452. The van der Waals surface area contributed by atoms with Crippen LogP contribution in [0.25, 0.3) is 0 Å². The van der Waals surface area contributed by atoms with Crippen LogP contribution in [0.5, 0.6) is 0 Å². The van der Waals surface area contributed by atoms with Crippen molar-refractivity contribution in [3.05, 3.63) is 81.4 Å². The van der Waals surface area contributed by atoms with Crippen LogP contribution < -0.4 is 11.1 Å². The van der Waals surface area contributed by atoms with E-state index in [0.29, 0.717) is 27.7 Å². The van der Waals surface area contributed by atoms with Gasteiger partial charge in [0.05, 0.1) is 23.2 Å². The van der Waals surface area contributed by atoms with Crippen LogP contribution in [0, 0.1) is 20.8 Å². The Kier molecular flexibility index (Phi) is 7.94. The number of nitrogens with one attached hydrogen (secondary N) is 1. The van der Waals surface area contributed by atoms with Crippen molar-refractivity contribution in [2.75, 3.05) is 12.3 Å². The first-order valence-electron chi connectivity index (χ1n) is 10.7. The molecule has 8 heteroatoms. The third-order valence-electron chi connectivity index (χ3n) is 5.58. The van der Waals surface area contributed by atoms with E-state index in [1.807, 2.05) is 19.1 Å². The number of nitrogen functional groups attached to an aromatic ring is 1. The molecule has 0 fully saturated rings. The summed E-state index contributed by atoms with van der Waals surface area (Å²) in [5.41, 5.74) is 10.3. The SMILES string of the molecule is CCC(c1ccc(C)c(C)c1)N(CC(=O)c1sc(N)nc1C)C(=S)NC(=O)c1ccccc1. The van der Waals surface area contributed by atoms with E-state index in [1.165, 1.54) is 16.9 Å². The highest BCUT2D eigenvalue weighted by molar-refractivity contribution is 7.80. The van der Waals surface area contributed by atoms with Gasteiger partial charge in [-0.2, -0.15) is 0 Å². The molecule has 33 heavy (non-hydrogen) atoms. The summed E-state index contributed by atoms with van der Waals surface area (Å²) in [6.45, 7) is 7.92. The lowest BCUT2D eigenvalue weighted by Gasteiger charge is -2.33. The second-order valence-corrected chi connectivity index (χ2v) is 9.33. The molecule has 3 rings (SSSR count). The predicted molar refractivity (Wildman–Crippen MR) is 138 cm³/mol. The molecular weight excluding hydrogens is 452 g/mol. The maximum Gasteiger partial charge on any atom is 0.257 e. The predicted octanol–water partition coefficient (Wildman–Crippen LogP) is 5.00. The fourth-order valence-corrected chi connectivity index (χ4v) is 4.71. The number of nitrogens with two attached hydrogens (primary N) is 1. The van der Waals surface area contributed by atoms with Gasteiger partial charge in [-0.05, 0) is 68.2 Å². The summed E-state index contributed by atoms with van der Waals surface area (Å²) in [4.78, 5) is 32.5. The molecule has 1 heterocycles. The summed E-state index contributed by atoms with van der Waals surface area (Å²) in [6, 6.07) is 14.9. The van der Waals surface area contributed by atoms with Crippen molar-refractivity contribution in [3.63, 3.8) is 0 Å². The Morgan fingerprint density at radius 3 is 2.39 bits per heavy atom. The molecule has 0 saturated heterocycles.